The summed E-state index contributed by atoms with van der Waals surface area (Å²) in [6, 6.07) is 3.54. The Morgan fingerprint density at radius 3 is 2.50 bits per heavy atom. The maximum absolute atomic E-state index is 13.0. The molecule has 0 unspecified atom stereocenters. The molecular formula is C12H16Cl2FNO2. The number of carbonyl (C=O) groups excluding carboxylic acids is 1. The Morgan fingerprint density at radius 2 is 2.06 bits per heavy atom. The van der Waals surface area contributed by atoms with E-state index in [2.05, 4.69) is 4.74 Å². The summed E-state index contributed by atoms with van der Waals surface area (Å²) in [5.41, 5.74) is 5.67. The number of ether oxygens (including phenoxy) is 1. The van der Waals surface area contributed by atoms with Gasteiger partial charge >= 0.3 is 5.97 Å². The van der Waals surface area contributed by atoms with Crippen LogP contribution < -0.4 is 5.73 Å². The Balaban J connectivity index is 0.00000289. The zero-order valence-electron chi connectivity index (χ0n) is 10.4. The quantitative estimate of drug-likeness (QED) is 0.872. The Hall–Kier alpha value is -0.840. The highest BCUT2D eigenvalue weighted by Gasteiger charge is 2.36. The number of benzene rings is 1. The molecule has 2 N–H and O–H groups in total. The fourth-order valence-corrected chi connectivity index (χ4v) is 1.70. The van der Waals surface area contributed by atoms with Crippen LogP contribution in [0.3, 0.4) is 0 Å². The molecule has 0 amide bonds. The minimum absolute atomic E-state index is 0. The van der Waals surface area contributed by atoms with Gasteiger partial charge in [-0.1, -0.05) is 17.7 Å². The van der Waals surface area contributed by atoms with Crippen LogP contribution in [0.1, 0.15) is 25.5 Å². The average Bonchev–Trinajstić information content (AvgIpc) is 2.30. The molecule has 3 nitrogen and oxygen atoms in total. The average molecular weight is 296 g/mol. The number of methoxy groups -OCH3 is 1. The van der Waals surface area contributed by atoms with Crippen LogP contribution in [0.25, 0.3) is 0 Å². The summed E-state index contributed by atoms with van der Waals surface area (Å²) in [6.45, 7) is 3.33. The summed E-state index contributed by atoms with van der Waals surface area (Å²) in [5.74, 6) is -0.941. The molecule has 0 bridgehead atoms. The third-order valence-electron chi connectivity index (χ3n) is 2.79. The van der Waals surface area contributed by atoms with Gasteiger partial charge in [0.25, 0.3) is 0 Å². The molecule has 0 aliphatic heterocycles. The number of halogens is 3. The molecule has 0 aliphatic carbocycles. The maximum Gasteiger partial charge on any atom is 0.313 e. The number of carbonyl (C=O) groups is 1. The lowest BCUT2D eigenvalue weighted by Gasteiger charge is -2.29. The van der Waals surface area contributed by atoms with Crippen molar-refractivity contribution in [2.24, 2.45) is 11.1 Å². The van der Waals surface area contributed by atoms with Crippen molar-refractivity contribution in [3.63, 3.8) is 0 Å². The van der Waals surface area contributed by atoms with Crippen LogP contribution in [-0.4, -0.2) is 13.1 Å². The lowest BCUT2D eigenvalue weighted by molar-refractivity contribution is -0.152. The van der Waals surface area contributed by atoms with Gasteiger partial charge in [-0.25, -0.2) is 4.39 Å². The fourth-order valence-electron chi connectivity index (χ4n) is 1.51. The van der Waals surface area contributed by atoms with Crippen molar-refractivity contribution in [3.05, 3.63) is 34.6 Å². The molecule has 0 spiro atoms. The van der Waals surface area contributed by atoms with Crippen molar-refractivity contribution in [2.45, 2.75) is 19.9 Å². The van der Waals surface area contributed by atoms with Crippen molar-refractivity contribution in [2.75, 3.05) is 7.11 Å². The normalized spacial score (nSPS) is 12.6. The minimum atomic E-state index is -0.907. The van der Waals surface area contributed by atoms with Crippen molar-refractivity contribution >= 4 is 30.0 Å². The molecule has 0 fully saturated rings. The molecule has 1 atom stereocenters. The monoisotopic (exact) mass is 295 g/mol. The van der Waals surface area contributed by atoms with Gasteiger partial charge in [-0.15, -0.1) is 12.4 Å². The van der Waals surface area contributed by atoms with E-state index in [9.17, 15) is 9.18 Å². The number of rotatable bonds is 3. The Morgan fingerprint density at radius 1 is 1.50 bits per heavy atom. The first-order valence-electron chi connectivity index (χ1n) is 5.09. The van der Waals surface area contributed by atoms with Crippen molar-refractivity contribution in [1.29, 1.82) is 0 Å². The summed E-state index contributed by atoms with van der Waals surface area (Å²) in [4.78, 5) is 11.6. The third-order valence-corrected chi connectivity index (χ3v) is 3.08. The zero-order chi connectivity index (χ0) is 13.2. The molecular weight excluding hydrogens is 280 g/mol. The van der Waals surface area contributed by atoms with E-state index in [1.807, 2.05) is 0 Å². The van der Waals surface area contributed by atoms with Gasteiger partial charge in [-0.3, -0.25) is 4.79 Å². The first-order chi connectivity index (χ1) is 7.80. The Bertz CT molecular complexity index is 438. The van der Waals surface area contributed by atoms with Gasteiger partial charge in [0.05, 0.1) is 17.5 Å². The van der Waals surface area contributed by atoms with Crippen molar-refractivity contribution in [1.82, 2.24) is 0 Å². The highest BCUT2D eigenvalue weighted by atomic mass is 35.5. The SMILES string of the molecule is COC(=O)C(C)(C)[C@@H](N)c1ccc(F)c(Cl)c1.Cl. The van der Waals surface area contributed by atoms with Crippen LogP contribution in [0.2, 0.25) is 5.02 Å². The number of nitrogens with two attached hydrogens (primary N) is 1. The van der Waals surface area contributed by atoms with Gasteiger partial charge < -0.3 is 10.5 Å². The topological polar surface area (TPSA) is 52.3 Å². The van der Waals surface area contributed by atoms with E-state index in [4.69, 9.17) is 17.3 Å². The highest BCUT2D eigenvalue weighted by Crippen LogP contribution is 2.33. The lowest BCUT2D eigenvalue weighted by atomic mass is 9.81. The molecule has 0 aliphatic rings. The van der Waals surface area contributed by atoms with Crippen LogP contribution in [0.4, 0.5) is 4.39 Å². The molecule has 0 saturated heterocycles. The molecule has 102 valence electrons. The zero-order valence-corrected chi connectivity index (χ0v) is 11.9. The predicted octanol–water partition coefficient (Wildman–Crippen LogP) is 3.10. The van der Waals surface area contributed by atoms with E-state index < -0.39 is 23.2 Å². The van der Waals surface area contributed by atoms with Crippen LogP contribution in [0.5, 0.6) is 0 Å². The van der Waals surface area contributed by atoms with E-state index in [1.165, 1.54) is 25.3 Å². The molecule has 0 aromatic heterocycles. The largest absolute Gasteiger partial charge is 0.469 e. The predicted molar refractivity (Wildman–Crippen MR) is 71.4 cm³/mol. The molecule has 0 radical (unpaired) electrons. The molecule has 1 aromatic carbocycles. The molecule has 1 rings (SSSR count). The molecule has 1 aromatic rings. The first-order valence-corrected chi connectivity index (χ1v) is 5.47. The van der Waals surface area contributed by atoms with Crippen LogP contribution in [0, 0.1) is 11.2 Å². The van der Waals surface area contributed by atoms with E-state index in [0.717, 1.165) is 0 Å². The summed E-state index contributed by atoms with van der Waals surface area (Å²) in [6.07, 6.45) is 0. The van der Waals surface area contributed by atoms with E-state index in [0.29, 0.717) is 5.56 Å². The van der Waals surface area contributed by atoms with Gasteiger partial charge in [0.2, 0.25) is 0 Å². The number of hydrogen-bond acceptors (Lipinski definition) is 3. The Kier molecular flexibility index (Phi) is 6.07. The Labute approximate surface area is 117 Å². The molecule has 6 heteroatoms. The van der Waals surface area contributed by atoms with Crippen molar-refractivity contribution < 1.29 is 13.9 Å². The van der Waals surface area contributed by atoms with E-state index in [-0.39, 0.29) is 17.4 Å². The standard InChI is InChI=1S/C12H15ClFNO2.ClH/c1-12(2,11(16)17-3)10(15)7-4-5-9(14)8(13)6-7;/h4-6,10H,15H2,1-3H3;1H/t10-;/m0./s1. The van der Waals surface area contributed by atoms with Crippen LogP contribution in [-0.2, 0) is 9.53 Å². The second-order valence-electron chi connectivity index (χ2n) is 4.36. The second kappa shape index (κ2) is 6.36. The van der Waals surface area contributed by atoms with Crippen molar-refractivity contribution in [3.8, 4) is 0 Å². The van der Waals surface area contributed by atoms with E-state index >= 15 is 0 Å². The molecule has 0 heterocycles. The van der Waals surface area contributed by atoms with Crippen LogP contribution in [0.15, 0.2) is 18.2 Å². The van der Waals surface area contributed by atoms with Gasteiger partial charge in [0.1, 0.15) is 5.82 Å². The lowest BCUT2D eigenvalue weighted by Crippen LogP contribution is -2.37. The summed E-state index contributed by atoms with van der Waals surface area (Å²) < 4.78 is 17.7. The van der Waals surface area contributed by atoms with E-state index in [1.54, 1.807) is 13.8 Å². The minimum Gasteiger partial charge on any atom is -0.469 e. The number of hydrogen-bond donors (Lipinski definition) is 1. The van der Waals surface area contributed by atoms with Crippen LogP contribution >= 0.6 is 24.0 Å². The first kappa shape index (κ1) is 17.2. The summed E-state index contributed by atoms with van der Waals surface area (Å²) in [5, 5.41) is -0.0152. The van der Waals surface area contributed by atoms with Gasteiger partial charge in [0, 0.05) is 6.04 Å². The fraction of sp³-hybridized carbons (Fsp3) is 0.417. The molecule has 0 saturated carbocycles. The second-order valence-corrected chi connectivity index (χ2v) is 4.77. The maximum atomic E-state index is 13.0. The summed E-state index contributed by atoms with van der Waals surface area (Å²) >= 11 is 5.67. The smallest absolute Gasteiger partial charge is 0.313 e. The summed E-state index contributed by atoms with van der Waals surface area (Å²) in [7, 11) is 1.30. The van der Waals surface area contributed by atoms with Gasteiger partial charge in [-0.05, 0) is 31.5 Å². The van der Waals surface area contributed by atoms with Gasteiger partial charge in [0.15, 0.2) is 0 Å². The third kappa shape index (κ3) is 3.34. The highest BCUT2D eigenvalue weighted by molar-refractivity contribution is 6.30. The molecule has 18 heavy (non-hydrogen) atoms. The number of esters is 1. The van der Waals surface area contributed by atoms with Gasteiger partial charge in [-0.2, -0.15) is 0 Å².